The topological polar surface area (TPSA) is 128 Å². The van der Waals surface area contributed by atoms with Gasteiger partial charge in [-0.1, -0.05) is 18.2 Å². The lowest BCUT2D eigenvalue weighted by molar-refractivity contribution is -0.384. The molecule has 0 saturated carbocycles. The summed E-state index contributed by atoms with van der Waals surface area (Å²) >= 11 is 1.49. The largest absolute Gasteiger partial charge is 0.294 e. The van der Waals surface area contributed by atoms with E-state index in [-0.39, 0.29) is 11.4 Å². The van der Waals surface area contributed by atoms with Crippen LogP contribution in [0.1, 0.15) is 15.4 Å². The summed E-state index contributed by atoms with van der Waals surface area (Å²) in [6.45, 7) is 0. The Morgan fingerprint density at radius 1 is 1.06 bits per heavy atom. The van der Waals surface area contributed by atoms with Gasteiger partial charge in [0.2, 0.25) is 0 Å². The normalized spacial score (nSPS) is 11.4. The predicted molar refractivity (Wildman–Crippen MR) is 120 cm³/mol. The molecule has 3 aromatic heterocycles. The Kier molecular flexibility index (Phi) is 4.84. The van der Waals surface area contributed by atoms with Crippen LogP contribution in [0.4, 0.5) is 5.69 Å². The highest BCUT2D eigenvalue weighted by atomic mass is 32.1. The molecule has 11 heteroatoms. The molecule has 1 amide bonds. The molecular formula is C21H13N7O3S. The first-order chi connectivity index (χ1) is 15.6. The number of hydrazone groups is 1. The number of thiophene rings is 1. The first kappa shape index (κ1) is 19.5. The molecule has 3 heterocycles. The molecule has 0 aliphatic rings. The van der Waals surface area contributed by atoms with E-state index >= 15 is 0 Å². The van der Waals surface area contributed by atoms with Crippen LogP contribution < -0.4 is 5.43 Å². The lowest BCUT2D eigenvalue weighted by Gasteiger charge is -2.03. The molecule has 0 aliphatic heterocycles. The van der Waals surface area contributed by atoms with Crippen molar-refractivity contribution in [1.29, 1.82) is 0 Å². The van der Waals surface area contributed by atoms with Gasteiger partial charge >= 0.3 is 0 Å². The van der Waals surface area contributed by atoms with Gasteiger partial charge in [0.1, 0.15) is 5.52 Å². The van der Waals surface area contributed by atoms with Gasteiger partial charge in [0.25, 0.3) is 11.6 Å². The van der Waals surface area contributed by atoms with E-state index in [0.717, 1.165) is 4.88 Å². The molecule has 10 nitrogen and oxygen atoms in total. The molecule has 5 aromatic rings. The van der Waals surface area contributed by atoms with Crippen molar-refractivity contribution in [3.05, 3.63) is 86.7 Å². The van der Waals surface area contributed by atoms with Crippen molar-refractivity contribution in [3.8, 4) is 5.69 Å². The Balaban J connectivity index is 1.61. The number of nitrogens with one attached hydrogen (secondary N) is 1. The molecule has 0 saturated heterocycles. The maximum absolute atomic E-state index is 12.9. The summed E-state index contributed by atoms with van der Waals surface area (Å²) in [7, 11) is 0. The number of nitro benzene ring substituents is 1. The maximum atomic E-state index is 12.9. The van der Waals surface area contributed by atoms with Gasteiger partial charge in [-0.05, 0) is 35.7 Å². The number of carbonyl (C=O) groups excluding carboxylic acids is 1. The number of rotatable bonds is 5. The van der Waals surface area contributed by atoms with E-state index in [2.05, 4.69) is 25.6 Å². The Bertz CT molecular complexity index is 1490. The van der Waals surface area contributed by atoms with Crippen LogP contribution in [0.2, 0.25) is 0 Å². The summed E-state index contributed by atoms with van der Waals surface area (Å²) in [5, 5.41) is 21.3. The molecule has 0 spiro atoms. The lowest BCUT2D eigenvalue weighted by Crippen LogP contribution is -2.19. The highest BCUT2D eigenvalue weighted by Gasteiger charge is 2.21. The van der Waals surface area contributed by atoms with Crippen LogP contribution in [-0.4, -0.2) is 36.8 Å². The molecule has 5 rings (SSSR count). The second-order valence-electron chi connectivity index (χ2n) is 6.63. The van der Waals surface area contributed by atoms with Crippen LogP contribution >= 0.6 is 11.3 Å². The third-order valence-electron chi connectivity index (χ3n) is 4.60. The second-order valence-corrected chi connectivity index (χ2v) is 7.61. The molecular weight excluding hydrogens is 430 g/mol. The Labute approximate surface area is 184 Å². The highest BCUT2D eigenvalue weighted by molar-refractivity contribution is 7.11. The van der Waals surface area contributed by atoms with E-state index in [0.29, 0.717) is 27.9 Å². The van der Waals surface area contributed by atoms with E-state index in [1.54, 1.807) is 18.3 Å². The number of non-ortho nitro benzene ring substituents is 1. The molecule has 2 aromatic carbocycles. The van der Waals surface area contributed by atoms with Gasteiger partial charge in [0.05, 0.1) is 27.9 Å². The predicted octanol–water partition coefficient (Wildman–Crippen LogP) is 3.70. The zero-order chi connectivity index (χ0) is 22.1. The van der Waals surface area contributed by atoms with Gasteiger partial charge in [0, 0.05) is 17.0 Å². The smallest absolute Gasteiger partial charge is 0.265 e. The Morgan fingerprint density at radius 2 is 1.81 bits per heavy atom. The van der Waals surface area contributed by atoms with Gasteiger partial charge in [-0.15, -0.1) is 11.3 Å². The minimum Gasteiger partial charge on any atom is -0.265 e. The number of fused-ring (bicyclic) bond motifs is 2. The molecule has 0 fully saturated rings. The van der Waals surface area contributed by atoms with E-state index < -0.39 is 10.8 Å². The standard InChI is InChI=1S/C21H13N7O3S/c29-21(25-22-12-15-4-3-11-32-15)19-18-20(24-17-6-2-1-5-16(17)23-18)27(26-19)13-7-9-14(10-8-13)28(30)31/h1-12H,(H,25,29)/b22-12+. The maximum Gasteiger partial charge on any atom is 0.294 e. The quantitative estimate of drug-likeness (QED) is 0.251. The van der Waals surface area contributed by atoms with Gasteiger partial charge < -0.3 is 0 Å². The van der Waals surface area contributed by atoms with Crippen molar-refractivity contribution in [1.82, 2.24) is 25.2 Å². The molecule has 0 bridgehead atoms. The van der Waals surface area contributed by atoms with Crippen LogP contribution in [0.15, 0.2) is 71.1 Å². The number of hydrogen-bond acceptors (Lipinski definition) is 8. The number of hydrogen-bond donors (Lipinski definition) is 1. The summed E-state index contributed by atoms with van der Waals surface area (Å²) in [4.78, 5) is 33.4. The zero-order valence-corrected chi connectivity index (χ0v) is 17.1. The van der Waals surface area contributed by atoms with E-state index in [1.807, 2.05) is 29.6 Å². The number of carbonyl (C=O) groups is 1. The molecule has 0 radical (unpaired) electrons. The zero-order valence-electron chi connectivity index (χ0n) is 16.2. The number of para-hydroxylation sites is 2. The molecule has 1 N–H and O–H groups in total. The Morgan fingerprint density at radius 3 is 2.50 bits per heavy atom. The summed E-state index contributed by atoms with van der Waals surface area (Å²) in [6.07, 6.45) is 1.54. The SMILES string of the molecule is O=C(N/N=C/c1cccs1)c1nn(-c2ccc([N+](=O)[O-])cc2)c2nc3ccccc3nc12. The summed E-state index contributed by atoms with van der Waals surface area (Å²) in [5.41, 5.74) is 4.85. The van der Waals surface area contributed by atoms with Gasteiger partial charge in [-0.2, -0.15) is 10.2 Å². The third kappa shape index (κ3) is 3.56. The van der Waals surface area contributed by atoms with Crippen LogP contribution in [0, 0.1) is 10.1 Å². The molecule has 0 aliphatic carbocycles. The summed E-state index contributed by atoms with van der Waals surface area (Å²) < 4.78 is 1.44. The monoisotopic (exact) mass is 443 g/mol. The van der Waals surface area contributed by atoms with Gasteiger partial charge in [-0.25, -0.2) is 20.1 Å². The molecule has 156 valence electrons. The average Bonchev–Trinajstić information content (AvgIpc) is 3.45. The minimum atomic E-state index is -0.548. The molecule has 0 atom stereocenters. The van der Waals surface area contributed by atoms with Crippen molar-refractivity contribution in [3.63, 3.8) is 0 Å². The lowest BCUT2D eigenvalue weighted by atomic mass is 10.2. The number of benzene rings is 2. The third-order valence-corrected chi connectivity index (χ3v) is 5.41. The van der Waals surface area contributed by atoms with Crippen molar-refractivity contribution < 1.29 is 9.72 Å². The van der Waals surface area contributed by atoms with E-state index in [1.165, 1.54) is 40.3 Å². The van der Waals surface area contributed by atoms with Crippen molar-refractivity contribution in [2.24, 2.45) is 5.10 Å². The number of aromatic nitrogens is 4. The number of nitro groups is 1. The fourth-order valence-corrected chi connectivity index (χ4v) is 3.70. The number of nitrogens with zero attached hydrogens (tertiary/aromatic N) is 6. The number of amides is 1. The first-order valence-electron chi connectivity index (χ1n) is 9.37. The fourth-order valence-electron chi connectivity index (χ4n) is 3.11. The minimum absolute atomic E-state index is 0.0416. The van der Waals surface area contributed by atoms with Crippen molar-refractivity contribution in [2.75, 3.05) is 0 Å². The van der Waals surface area contributed by atoms with E-state index in [9.17, 15) is 14.9 Å². The summed E-state index contributed by atoms with van der Waals surface area (Å²) in [5.74, 6) is -0.548. The van der Waals surface area contributed by atoms with Crippen LogP contribution in [-0.2, 0) is 0 Å². The first-order valence-corrected chi connectivity index (χ1v) is 10.3. The van der Waals surface area contributed by atoms with Gasteiger partial charge in [-0.3, -0.25) is 14.9 Å². The van der Waals surface area contributed by atoms with E-state index in [4.69, 9.17) is 0 Å². The van der Waals surface area contributed by atoms with Crippen LogP contribution in [0.3, 0.4) is 0 Å². The van der Waals surface area contributed by atoms with Crippen LogP contribution in [0.5, 0.6) is 0 Å². The van der Waals surface area contributed by atoms with Gasteiger partial charge in [0.15, 0.2) is 11.3 Å². The average molecular weight is 443 g/mol. The van der Waals surface area contributed by atoms with Crippen molar-refractivity contribution >= 4 is 51.3 Å². The van der Waals surface area contributed by atoms with Crippen molar-refractivity contribution in [2.45, 2.75) is 0 Å². The molecule has 32 heavy (non-hydrogen) atoms. The molecule has 0 unspecified atom stereocenters. The Hall–Kier alpha value is -4.51. The second kappa shape index (κ2) is 7.96. The van der Waals surface area contributed by atoms with Crippen LogP contribution in [0.25, 0.3) is 27.9 Å². The fraction of sp³-hybridized carbons (Fsp3) is 0. The highest BCUT2D eigenvalue weighted by Crippen LogP contribution is 2.23. The summed E-state index contributed by atoms with van der Waals surface area (Å²) in [6, 6.07) is 16.8.